The second-order valence-electron chi connectivity index (χ2n) is 4.21. The van der Waals surface area contributed by atoms with E-state index in [1.165, 1.54) is 12.1 Å². The molecule has 0 bridgehead atoms. The molecule has 0 aliphatic rings. The fraction of sp³-hybridized carbons (Fsp3) is 0.231. The van der Waals surface area contributed by atoms with E-state index in [9.17, 15) is 12.3 Å². The Kier molecular flexibility index (Phi) is 3.26. The summed E-state index contributed by atoms with van der Waals surface area (Å²) in [4.78, 5) is -0.325. The average Bonchev–Trinajstić information content (AvgIpc) is 2.27. The molecule has 2 aromatic carbocycles. The standard InChI is InChI=1S/C13H13FO3S/c1-9(2)17-12-7-8-13(18(14,15)16)11-6-4-3-5-10(11)12/h3-9H,1-2H3. The third-order valence-electron chi connectivity index (χ3n) is 2.47. The second-order valence-corrected chi connectivity index (χ2v) is 5.53. The number of benzene rings is 2. The first kappa shape index (κ1) is 12.8. The Hall–Kier alpha value is -1.62. The molecule has 0 saturated heterocycles. The molecule has 0 aliphatic heterocycles. The highest BCUT2D eigenvalue weighted by Crippen LogP contribution is 2.32. The number of halogens is 1. The van der Waals surface area contributed by atoms with E-state index in [0.29, 0.717) is 16.5 Å². The number of hydrogen-bond donors (Lipinski definition) is 0. The van der Waals surface area contributed by atoms with Crippen molar-refractivity contribution in [2.45, 2.75) is 24.8 Å². The lowest BCUT2D eigenvalue weighted by atomic mass is 10.1. The molecule has 0 aromatic heterocycles. The maximum atomic E-state index is 13.2. The van der Waals surface area contributed by atoms with Gasteiger partial charge in [-0.15, -0.1) is 3.89 Å². The largest absolute Gasteiger partial charge is 0.490 e. The van der Waals surface area contributed by atoms with Crippen LogP contribution in [0.3, 0.4) is 0 Å². The average molecular weight is 268 g/mol. The van der Waals surface area contributed by atoms with Gasteiger partial charge in [-0.05, 0) is 26.0 Å². The predicted octanol–water partition coefficient (Wildman–Crippen LogP) is 3.29. The van der Waals surface area contributed by atoms with Gasteiger partial charge in [0.2, 0.25) is 0 Å². The SMILES string of the molecule is CC(C)Oc1ccc(S(=O)(=O)F)c2ccccc12. The van der Waals surface area contributed by atoms with Gasteiger partial charge in [0, 0.05) is 10.8 Å². The summed E-state index contributed by atoms with van der Waals surface area (Å²) in [5, 5.41) is 0.920. The minimum absolute atomic E-state index is 0.0405. The zero-order valence-corrected chi connectivity index (χ0v) is 10.9. The normalized spacial score (nSPS) is 12.0. The first-order chi connectivity index (χ1) is 8.39. The first-order valence-corrected chi connectivity index (χ1v) is 6.91. The van der Waals surface area contributed by atoms with Crippen molar-refractivity contribution in [1.82, 2.24) is 0 Å². The zero-order chi connectivity index (χ0) is 13.3. The van der Waals surface area contributed by atoms with Gasteiger partial charge in [0.25, 0.3) is 0 Å². The van der Waals surface area contributed by atoms with Gasteiger partial charge in [-0.1, -0.05) is 24.3 Å². The van der Waals surface area contributed by atoms with Crippen LogP contribution in [0.2, 0.25) is 0 Å². The van der Waals surface area contributed by atoms with Crippen LogP contribution in [-0.4, -0.2) is 14.5 Å². The summed E-state index contributed by atoms with van der Waals surface area (Å²) in [6, 6.07) is 9.40. The molecule has 0 saturated carbocycles. The van der Waals surface area contributed by atoms with E-state index in [4.69, 9.17) is 4.74 Å². The molecule has 5 heteroatoms. The highest BCUT2D eigenvalue weighted by molar-refractivity contribution is 7.86. The molecule has 96 valence electrons. The molecule has 3 nitrogen and oxygen atoms in total. The van der Waals surface area contributed by atoms with Crippen LogP contribution < -0.4 is 4.74 Å². The Balaban J connectivity index is 2.74. The summed E-state index contributed by atoms with van der Waals surface area (Å²) in [5.74, 6) is 0.549. The van der Waals surface area contributed by atoms with Gasteiger partial charge in [0.15, 0.2) is 0 Å². The monoisotopic (exact) mass is 268 g/mol. The van der Waals surface area contributed by atoms with Gasteiger partial charge in [-0.3, -0.25) is 0 Å². The second kappa shape index (κ2) is 4.57. The first-order valence-electron chi connectivity index (χ1n) is 5.52. The van der Waals surface area contributed by atoms with Crippen molar-refractivity contribution in [1.29, 1.82) is 0 Å². The zero-order valence-electron chi connectivity index (χ0n) is 10.1. The lowest BCUT2D eigenvalue weighted by Gasteiger charge is -2.13. The summed E-state index contributed by atoms with van der Waals surface area (Å²) < 4.78 is 40.9. The highest BCUT2D eigenvalue weighted by atomic mass is 32.3. The minimum atomic E-state index is -4.73. The van der Waals surface area contributed by atoms with Crippen molar-refractivity contribution < 1.29 is 17.0 Å². The van der Waals surface area contributed by atoms with E-state index in [1.807, 2.05) is 13.8 Å². The third kappa shape index (κ3) is 2.46. The van der Waals surface area contributed by atoms with Gasteiger partial charge in [-0.25, -0.2) is 0 Å². The van der Waals surface area contributed by atoms with E-state index in [2.05, 4.69) is 0 Å². The maximum absolute atomic E-state index is 13.2. The van der Waals surface area contributed by atoms with Crippen molar-refractivity contribution in [3.05, 3.63) is 36.4 Å². The Morgan fingerprint density at radius 2 is 1.67 bits per heavy atom. The maximum Gasteiger partial charge on any atom is 0.332 e. The smallest absolute Gasteiger partial charge is 0.332 e. The summed E-state index contributed by atoms with van der Waals surface area (Å²) in [6.45, 7) is 3.74. The molecule has 0 heterocycles. The van der Waals surface area contributed by atoms with Crippen LogP contribution in [0.25, 0.3) is 10.8 Å². The summed E-state index contributed by atoms with van der Waals surface area (Å²) >= 11 is 0. The molecule has 2 aromatic rings. The molecular weight excluding hydrogens is 255 g/mol. The van der Waals surface area contributed by atoms with Crippen LogP contribution in [0.4, 0.5) is 3.89 Å². The van der Waals surface area contributed by atoms with Crippen molar-refractivity contribution >= 4 is 21.0 Å². The predicted molar refractivity (Wildman–Crippen MR) is 68.0 cm³/mol. The van der Waals surface area contributed by atoms with Gasteiger partial charge in [0.05, 0.1) is 6.10 Å². The van der Waals surface area contributed by atoms with Crippen molar-refractivity contribution in [2.24, 2.45) is 0 Å². The molecule has 0 unspecified atom stereocenters. The van der Waals surface area contributed by atoms with Crippen LogP contribution in [0.1, 0.15) is 13.8 Å². The molecule has 0 aliphatic carbocycles. The lowest BCUT2D eigenvalue weighted by molar-refractivity contribution is 0.245. The van der Waals surface area contributed by atoms with Crippen molar-refractivity contribution in [2.75, 3.05) is 0 Å². The van der Waals surface area contributed by atoms with Crippen molar-refractivity contribution in [3.63, 3.8) is 0 Å². The lowest BCUT2D eigenvalue weighted by Crippen LogP contribution is -2.06. The van der Waals surface area contributed by atoms with Gasteiger partial charge >= 0.3 is 10.2 Å². The molecule has 0 amide bonds. The molecule has 0 radical (unpaired) electrons. The van der Waals surface area contributed by atoms with Crippen LogP contribution in [0, 0.1) is 0 Å². The van der Waals surface area contributed by atoms with Crippen LogP contribution in [0.15, 0.2) is 41.3 Å². The number of ether oxygens (including phenoxy) is 1. The fourth-order valence-corrected chi connectivity index (χ4v) is 2.48. The molecule has 0 spiro atoms. The topological polar surface area (TPSA) is 43.4 Å². The van der Waals surface area contributed by atoms with Gasteiger partial charge in [-0.2, -0.15) is 8.42 Å². The van der Waals surface area contributed by atoms with E-state index in [-0.39, 0.29) is 11.0 Å². The van der Waals surface area contributed by atoms with E-state index in [1.54, 1.807) is 24.3 Å². The van der Waals surface area contributed by atoms with Crippen LogP contribution in [-0.2, 0) is 10.2 Å². The van der Waals surface area contributed by atoms with Crippen molar-refractivity contribution in [3.8, 4) is 5.75 Å². The summed E-state index contributed by atoms with van der Waals surface area (Å²) in [5.41, 5.74) is 0. The quantitative estimate of drug-likeness (QED) is 0.802. The van der Waals surface area contributed by atoms with Gasteiger partial charge in [0.1, 0.15) is 10.6 Å². The van der Waals surface area contributed by atoms with E-state index >= 15 is 0 Å². The number of rotatable bonds is 3. The van der Waals surface area contributed by atoms with E-state index in [0.717, 1.165) is 0 Å². The summed E-state index contributed by atoms with van der Waals surface area (Å²) in [7, 11) is -4.73. The molecule has 0 fully saturated rings. The summed E-state index contributed by atoms with van der Waals surface area (Å²) in [6.07, 6.45) is -0.0405. The molecule has 2 rings (SSSR count). The van der Waals surface area contributed by atoms with Crippen LogP contribution in [0.5, 0.6) is 5.75 Å². The minimum Gasteiger partial charge on any atom is -0.490 e. The fourth-order valence-electron chi connectivity index (χ4n) is 1.81. The number of hydrogen-bond acceptors (Lipinski definition) is 3. The Bertz CT molecular complexity index is 678. The van der Waals surface area contributed by atoms with Gasteiger partial charge < -0.3 is 4.74 Å². The molecule has 18 heavy (non-hydrogen) atoms. The third-order valence-corrected chi connectivity index (χ3v) is 3.35. The molecular formula is C13H13FO3S. The molecule has 0 N–H and O–H groups in total. The Morgan fingerprint density at radius 1 is 1.06 bits per heavy atom. The number of fused-ring (bicyclic) bond motifs is 1. The molecule has 0 atom stereocenters. The van der Waals surface area contributed by atoms with Crippen LogP contribution >= 0.6 is 0 Å². The highest BCUT2D eigenvalue weighted by Gasteiger charge is 2.17. The van der Waals surface area contributed by atoms with E-state index < -0.39 is 10.2 Å². The Morgan fingerprint density at radius 3 is 2.22 bits per heavy atom. The Labute approximate surface area is 105 Å².